The average molecular weight is 365 g/mol. The smallest absolute Gasteiger partial charge is 0.348 e. The molecule has 12 heavy (non-hydrogen) atoms. The molecule has 0 aliphatic rings. The van der Waals surface area contributed by atoms with E-state index in [0.717, 1.165) is 5.82 Å². The van der Waals surface area contributed by atoms with Crippen LogP contribution in [0.1, 0.15) is 25.6 Å². The number of aromatic amines is 1. The Morgan fingerprint density at radius 2 is 2.17 bits per heavy atom. The maximum Gasteiger partial charge on any atom is 2.00 e. The molecule has 2 nitrogen and oxygen atoms in total. The van der Waals surface area contributed by atoms with Gasteiger partial charge in [0, 0.05) is 23.6 Å². The second kappa shape index (κ2) is 5.82. The van der Waals surface area contributed by atoms with E-state index in [0.29, 0.717) is 11.2 Å². The van der Waals surface area contributed by atoms with E-state index < -0.39 is 0 Å². The molecule has 2 atom stereocenters. The summed E-state index contributed by atoms with van der Waals surface area (Å²) in [7, 11) is 0. The summed E-state index contributed by atoms with van der Waals surface area (Å²) in [4.78, 5) is 7.34. The summed E-state index contributed by atoms with van der Waals surface area (Å²) < 4.78 is 0. The largest absolute Gasteiger partial charge is 2.00 e. The number of imidazole rings is 1. The Labute approximate surface area is 92.2 Å². The van der Waals surface area contributed by atoms with Gasteiger partial charge in [-0.3, -0.25) is 0 Å². The van der Waals surface area contributed by atoms with Crippen molar-refractivity contribution < 1.29 is 21.1 Å². The fourth-order valence-corrected chi connectivity index (χ4v) is 1.49. The van der Waals surface area contributed by atoms with Crippen LogP contribution in [0, 0.1) is 0 Å². The summed E-state index contributed by atoms with van der Waals surface area (Å²) in [6.45, 7) is 4.41. The van der Waals surface area contributed by atoms with Crippen LogP contribution >= 0.6 is 11.8 Å². The van der Waals surface area contributed by atoms with Crippen LogP contribution < -0.4 is 0 Å². The molecule has 1 aromatic heterocycles. The molecule has 0 aliphatic heterocycles. The van der Waals surface area contributed by atoms with Crippen molar-refractivity contribution >= 4 is 11.8 Å². The van der Waals surface area contributed by atoms with Crippen molar-refractivity contribution in [3.05, 3.63) is 18.2 Å². The van der Waals surface area contributed by atoms with Gasteiger partial charge >= 0.3 is 21.1 Å². The number of nitrogens with zero attached hydrogens (tertiary/aromatic N) is 1. The predicted octanol–water partition coefficient (Wildman–Crippen LogP) is 2.26. The Hall–Kier alpha value is 0.248. The summed E-state index contributed by atoms with van der Waals surface area (Å²) in [5.41, 5.74) is 0. The van der Waals surface area contributed by atoms with E-state index >= 15 is 0 Å². The van der Waals surface area contributed by atoms with Gasteiger partial charge < -0.3 is 4.98 Å². The van der Waals surface area contributed by atoms with Crippen molar-refractivity contribution in [2.75, 3.05) is 6.26 Å². The molecular weight excluding hydrogens is 351 g/mol. The first-order chi connectivity index (χ1) is 5.25. The normalized spacial score (nSPS) is 14.9. The van der Waals surface area contributed by atoms with E-state index in [1.54, 1.807) is 6.20 Å². The van der Waals surface area contributed by atoms with Gasteiger partial charge in [-0.15, -0.1) is 0 Å². The zero-order valence-electron chi connectivity index (χ0n) is 7.48. The van der Waals surface area contributed by atoms with Gasteiger partial charge in [0.2, 0.25) is 0 Å². The summed E-state index contributed by atoms with van der Waals surface area (Å²) in [6.07, 6.45) is 5.81. The van der Waals surface area contributed by atoms with Crippen molar-refractivity contribution in [1.82, 2.24) is 9.97 Å². The molecule has 0 saturated heterocycles. The molecule has 1 heterocycles. The average Bonchev–Trinajstić information content (AvgIpc) is 2.53. The molecule has 0 aromatic carbocycles. The summed E-state index contributed by atoms with van der Waals surface area (Å²) in [6, 6.07) is 0. The fraction of sp³-hybridized carbons (Fsp3) is 0.625. The maximum absolute atomic E-state index is 4.22. The summed E-state index contributed by atoms with van der Waals surface area (Å²) in [5, 5.41) is 0.626. The first-order valence-corrected chi connectivity index (χ1v) is 5.06. The molecule has 0 aliphatic carbocycles. The Kier molecular flexibility index (Phi) is 5.94. The molecule has 0 radical (unpaired) electrons. The minimum absolute atomic E-state index is 0. The van der Waals surface area contributed by atoms with Crippen LogP contribution in [0.5, 0.6) is 0 Å². The van der Waals surface area contributed by atoms with Gasteiger partial charge in [-0.05, 0) is 6.26 Å². The van der Waals surface area contributed by atoms with Crippen LogP contribution in [0.3, 0.4) is 0 Å². The van der Waals surface area contributed by atoms with Gasteiger partial charge in [0.05, 0.1) is 0 Å². The van der Waals surface area contributed by atoms with Gasteiger partial charge in [0.15, 0.2) is 0 Å². The van der Waals surface area contributed by atoms with Crippen molar-refractivity contribution in [2.45, 2.75) is 25.0 Å². The van der Waals surface area contributed by atoms with Gasteiger partial charge in [0.1, 0.15) is 5.82 Å². The zero-order valence-corrected chi connectivity index (χ0v) is 10.6. The molecule has 1 N–H and O–H groups in total. The minimum atomic E-state index is 0. The van der Waals surface area contributed by atoms with Crippen molar-refractivity contribution in [2.24, 2.45) is 0 Å². The number of aromatic nitrogens is 2. The number of hydrogen-bond donors (Lipinski definition) is 1. The van der Waals surface area contributed by atoms with Gasteiger partial charge in [-0.2, -0.15) is 11.8 Å². The van der Waals surface area contributed by atoms with Crippen molar-refractivity contribution in [1.29, 1.82) is 0 Å². The van der Waals surface area contributed by atoms with Crippen LogP contribution in [0.2, 0.25) is 0 Å². The van der Waals surface area contributed by atoms with E-state index in [9.17, 15) is 0 Å². The topological polar surface area (TPSA) is 28.7 Å². The van der Waals surface area contributed by atoms with E-state index in [-0.39, 0.29) is 21.1 Å². The number of hydrogen-bond acceptors (Lipinski definition) is 2. The Balaban J connectivity index is 0.00000121. The van der Waals surface area contributed by atoms with Crippen LogP contribution in [0.15, 0.2) is 12.4 Å². The summed E-state index contributed by atoms with van der Waals surface area (Å²) >= 11 is 1.87. The van der Waals surface area contributed by atoms with Crippen LogP contribution in [-0.2, 0) is 21.1 Å². The Morgan fingerprint density at radius 1 is 1.50 bits per heavy atom. The van der Waals surface area contributed by atoms with Crippen molar-refractivity contribution in [3.8, 4) is 0 Å². The third-order valence-corrected chi connectivity index (χ3v) is 3.18. The van der Waals surface area contributed by atoms with E-state index in [1.165, 1.54) is 0 Å². The molecule has 0 fully saturated rings. The molecule has 1 rings (SSSR count). The second-order valence-corrected chi connectivity index (χ2v) is 3.92. The number of rotatable bonds is 3. The van der Waals surface area contributed by atoms with E-state index in [2.05, 4.69) is 30.1 Å². The third kappa shape index (κ3) is 2.95. The zero-order chi connectivity index (χ0) is 8.27. The number of thioether (sulfide) groups is 1. The molecule has 1 aromatic rings. The maximum atomic E-state index is 4.22. The molecule has 0 amide bonds. The summed E-state index contributed by atoms with van der Waals surface area (Å²) in [5.74, 6) is 1.60. The first-order valence-electron chi connectivity index (χ1n) is 3.77. The molecular formula is C8H14N2PtS+2. The standard InChI is InChI=1S/C8H14N2S.Pt/c1-6(7(2)11-3)8-9-4-5-10-8;/h4-7H,1-3H3,(H,9,10);/q;+2. The molecule has 0 bridgehead atoms. The predicted molar refractivity (Wildman–Crippen MR) is 50.0 cm³/mol. The van der Waals surface area contributed by atoms with Crippen LogP contribution in [-0.4, -0.2) is 21.5 Å². The SMILES string of the molecule is CSC(C)C(C)c1ncc[nH]1.[Pt+2]. The van der Waals surface area contributed by atoms with Gasteiger partial charge in [-0.25, -0.2) is 4.98 Å². The van der Waals surface area contributed by atoms with Crippen LogP contribution in [0.25, 0.3) is 0 Å². The molecule has 0 saturated carbocycles. The van der Waals surface area contributed by atoms with Crippen LogP contribution in [0.4, 0.5) is 0 Å². The Morgan fingerprint density at radius 3 is 2.58 bits per heavy atom. The van der Waals surface area contributed by atoms with Gasteiger partial charge in [0.25, 0.3) is 0 Å². The van der Waals surface area contributed by atoms with Gasteiger partial charge in [-0.1, -0.05) is 13.8 Å². The van der Waals surface area contributed by atoms with Crippen molar-refractivity contribution in [3.63, 3.8) is 0 Å². The number of nitrogens with one attached hydrogen (secondary N) is 1. The first kappa shape index (κ1) is 12.2. The Bertz CT molecular complexity index is 201. The molecule has 2 unspecified atom stereocenters. The molecule has 70 valence electrons. The monoisotopic (exact) mass is 365 g/mol. The molecule has 0 spiro atoms. The minimum Gasteiger partial charge on any atom is -0.348 e. The third-order valence-electron chi connectivity index (χ3n) is 2.03. The molecule has 4 heteroatoms. The fourth-order valence-electron chi connectivity index (χ4n) is 0.953. The quantitative estimate of drug-likeness (QED) is 0.890. The van der Waals surface area contributed by atoms with E-state index in [1.807, 2.05) is 18.0 Å². The second-order valence-electron chi connectivity index (χ2n) is 2.70. The van der Waals surface area contributed by atoms with E-state index in [4.69, 9.17) is 0 Å². The number of H-pyrrole nitrogens is 1.